The third-order valence-corrected chi connectivity index (χ3v) is 5.20. The van der Waals surface area contributed by atoms with Gasteiger partial charge >= 0.3 is 0 Å². The molecular formula is C22H48N2O4. The predicted octanol–water partition coefficient (Wildman–Crippen LogP) is 7.25. The molecule has 0 saturated heterocycles. The predicted molar refractivity (Wildman–Crippen MR) is 118 cm³/mol. The first kappa shape index (κ1) is 29.3. The minimum atomic E-state index is -1.75. The van der Waals surface area contributed by atoms with Crippen molar-refractivity contribution in [2.75, 3.05) is 20.1 Å². The Morgan fingerprint density at radius 1 is 0.607 bits per heavy atom. The fourth-order valence-electron chi connectivity index (χ4n) is 3.59. The van der Waals surface area contributed by atoms with Gasteiger partial charge in [0.05, 0.1) is 12.1 Å². The van der Waals surface area contributed by atoms with Crippen LogP contribution in [-0.2, 0) is 0 Å². The topological polar surface area (TPSA) is 86.4 Å². The molecule has 0 bridgehead atoms. The van der Waals surface area contributed by atoms with Crippen LogP contribution in [0.15, 0.2) is 0 Å². The van der Waals surface area contributed by atoms with Crippen molar-refractivity contribution in [1.82, 2.24) is 0 Å². The lowest BCUT2D eigenvalue weighted by Crippen LogP contribution is -2.41. The summed E-state index contributed by atoms with van der Waals surface area (Å²) in [6, 6.07) is 0. The fourth-order valence-corrected chi connectivity index (χ4v) is 3.59. The highest BCUT2D eigenvalue weighted by Crippen LogP contribution is 2.14. The summed E-state index contributed by atoms with van der Waals surface area (Å²) < 4.78 is 0.217. The Morgan fingerprint density at radius 3 is 1.18 bits per heavy atom. The van der Waals surface area contributed by atoms with Crippen molar-refractivity contribution >= 4 is 0 Å². The quantitative estimate of drug-likeness (QED) is 0.106. The second-order valence-electron chi connectivity index (χ2n) is 8.31. The third kappa shape index (κ3) is 29.9. The van der Waals surface area contributed by atoms with Gasteiger partial charge in [-0.2, -0.15) is 4.65 Å². The Kier molecular flexibility index (Phi) is 23.5. The van der Waals surface area contributed by atoms with E-state index in [9.17, 15) is 5.21 Å². The zero-order chi connectivity index (χ0) is 21.5. The first-order valence-electron chi connectivity index (χ1n) is 11.7. The summed E-state index contributed by atoms with van der Waals surface area (Å²) in [7, 11) is 1.94. The van der Waals surface area contributed by atoms with Crippen LogP contribution in [0.5, 0.6) is 0 Å². The number of nitrogens with zero attached hydrogens (tertiary/aromatic N) is 2. The van der Waals surface area contributed by atoms with Crippen LogP contribution >= 0.6 is 0 Å². The molecule has 170 valence electrons. The molecule has 1 N–H and O–H groups in total. The van der Waals surface area contributed by atoms with Crippen molar-refractivity contribution in [3.8, 4) is 0 Å². The molecule has 0 aliphatic rings. The normalized spacial score (nSPS) is 12.9. The maximum Gasteiger partial charge on any atom is 0.108 e. The summed E-state index contributed by atoms with van der Waals surface area (Å²) in [5.74, 6) is 0. The van der Waals surface area contributed by atoms with Crippen LogP contribution in [-0.4, -0.2) is 35.1 Å². The van der Waals surface area contributed by atoms with Gasteiger partial charge < -0.3 is 15.3 Å². The lowest BCUT2D eigenvalue weighted by Gasteiger charge is -2.24. The Hall–Kier alpha value is -0.880. The molecule has 1 unspecified atom stereocenters. The molecule has 0 spiro atoms. The largest absolute Gasteiger partial charge is 0.356 e. The van der Waals surface area contributed by atoms with Crippen molar-refractivity contribution in [3.63, 3.8) is 0 Å². The Morgan fingerprint density at radius 2 is 0.893 bits per heavy atom. The molecule has 0 aliphatic heterocycles. The van der Waals surface area contributed by atoms with Gasteiger partial charge in [0, 0.05) is 0 Å². The highest BCUT2D eigenvalue weighted by molar-refractivity contribution is 4.50. The van der Waals surface area contributed by atoms with Crippen molar-refractivity contribution in [3.05, 3.63) is 15.3 Å². The molecule has 0 radical (unpaired) electrons. The highest BCUT2D eigenvalue weighted by atomic mass is 16.9. The molecular weight excluding hydrogens is 356 g/mol. The third-order valence-electron chi connectivity index (χ3n) is 5.20. The molecule has 28 heavy (non-hydrogen) atoms. The van der Waals surface area contributed by atoms with Crippen LogP contribution in [0.25, 0.3) is 0 Å². The summed E-state index contributed by atoms with van der Waals surface area (Å²) in [4.78, 5) is 8.25. The van der Waals surface area contributed by atoms with Gasteiger partial charge in [0.2, 0.25) is 0 Å². The molecule has 0 aliphatic carbocycles. The summed E-state index contributed by atoms with van der Waals surface area (Å²) >= 11 is 0. The lowest BCUT2D eigenvalue weighted by molar-refractivity contribution is -1.09. The average Bonchev–Trinajstić information content (AvgIpc) is 2.61. The molecule has 0 fully saturated rings. The van der Waals surface area contributed by atoms with Gasteiger partial charge in [0.15, 0.2) is 0 Å². The van der Waals surface area contributed by atoms with E-state index >= 15 is 0 Å². The zero-order valence-electron chi connectivity index (χ0n) is 19.0. The number of hydrogen-bond donors (Lipinski definition) is 1. The van der Waals surface area contributed by atoms with Crippen molar-refractivity contribution in [2.45, 2.75) is 123 Å². The van der Waals surface area contributed by atoms with Crippen LogP contribution in [0.3, 0.4) is 0 Å². The number of hydroxylamine groups is 3. The van der Waals surface area contributed by atoms with E-state index in [1.165, 1.54) is 103 Å². The van der Waals surface area contributed by atoms with E-state index in [2.05, 4.69) is 13.8 Å². The summed E-state index contributed by atoms with van der Waals surface area (Å²) in [5.41, 5.74) is 0. The summed E-state index contributed by atoms with van der Waals surface area (Å²) in [5, 5.41) is 24.8. The number of rotatable bonds is 19. The second-order valence-corrected chi connectivity index (χ2v) is 8.31. The van der Waals surface area contributed by atoms with Crippen molar-refractivity contribution in [2.24, 2.45) is 0 Å². The lowest BCUT2D eigenvalue weighted by atomic mass is 10.0. The van der Waals surface area contributed by atoms with Crippen molar-refractivity contribution in [1.29, 1.82) is 0 Å². The van der Waals surface area contributed by atoms with Gasteiger partial charge in [-0.1, -0.05) is 104 Å². The molecule has 0 aromatic rings. The van der Waals surface area contributed by atoms with E-state index in [1.807, 2.05) is 7.05 Å². The van der Waals surface area contributed by atoms with Crippen LogP contribution in [0, 0.1) is 15.3 Å². The van der Waals surface area contributed by atoms with E-state index in [0.717, 1.165) is 19.5 Å². The van der Waals surface area contributed by atoms with E-state index in [1.54, 1.807) is 0 Å². The zero-order valence-corrected chi connectivity index (χ0v) is 19.0. The van der Waals surface area contributed by atoms with Gasteiger partial charge in [-0.3, -0.25) is 0 Å². The number of hydrogen-bond acceptors (Lipinski definition) is 4. The molecule has 0 saturated carbocycles. The van der Waals surface area contributed by atoms with Gasteiger partial charge in [0.1, 0.15) is 13.1 Å². The van der Waals surface area contributed by atoms with Crippen LogP contribution in [0.2, 0.25) is 0 Å². The average molecular weight is 405 g/mol. The molecule has 0 aromatic heterocycles. The monoisotopic (exact) mass is 404 g/mol. The van der Waals surface area contributed by atoms with Gasteiger partial charge in [0.25, 0.3) is 0 Å². The van der Waals surface area contributed by atoms with Crippen LogP contribution < -0.4 is 0 Å². The van der Waals surface area contributed by atoms with E-state index in [4.69, 9.17) is 15.3 Å². The van der Waals surface area contributed by atoms with Gasteiger partial charge in [-0.05, 0) is 19.3 Å². The van der Waals surface area contributed by atoms with Crippen LogP contribution in [0.4, 0.5) is 0 Å². The smallest absolute Gasteiger partial charge is 0.108 e. The maximum atomic E-state index is 10.1. The van der Waals surface area contributed by atoms with E-state index in [-0.39, 0.29) is 4.65 Å². The Labute approximate surface area is 174 Å². The van der Waals surface area contributed by atoms with Gasteiger partial charge in [-0.15, -0.1) is 0 Å². The summed E-state index contributed by atoms with van der Waals surface area (Å²) in [6.07, 6.45) is 23.5. The summed E-state index contributed by atoms with van der Waals surface area (Å²) in [6.45, 7) is 6.24. The minimum Gasteiger partial charge on any atom is -0.356 e. The molecule has 0 aromatic carbocycles. The van der Waals surface area contributed by atoms with E-state index in [0.29, 0.717) is 0 Å². The molecule has 0 rings (SSSR count). The SMILES string of the molecule is CCCCCCCCCCCCCCCCCC[N+](C)(O)CCC.O=[N+]([O-])[O-]. The Balaban J connectivity index is 0. The number of unbranched alkanes of at least 4 members (excludes halogenated alkanes) is 15. The van der Waals surface area contributed by atoms with E-state index < -0.39 is 5.09 Å². The molecule has 1 atom stereocenters. The van der Waals surface area contributed by atoms with Crippen molar-refractivity contribution < 1.29 is 14.9 Å². The minimum absolute atomic E-state index is 0.217. The molecule has 6 nitrogen and oxygen atoms in total. The first-order chi connectivity index (χ1) is 13.4. The first-order valence-corrected chi connectivity index (χ1v) is 11.7. The standard InChI is InChI=1S/C22H48NO.NO3/c1-4-6-7-8-9-10-11-12-13-14-15-16-17-18-19-20-22-23(3,24)21-5-2;2-1(3)4/h24H,4-22H2,1-3H3;/q+1;-1. The molecule has 6 heteroatoms. The number of quaternary nitrogens is 1. The Bertz CT molecular complexity index is 322. The molecule has 0 amide bonds. The molecule has 0 heterocycles. The van der Waals surface area contributed by atoms with Crippen LogP contribution in [0.1, 0.15) is 123 Å². The maximum absolute atomic E-state index is 10.1. The second kappa shape index (κ2) is 22.4. The highest BCUT2D eigenvalue weighted by Gasteiger charge is 2.15. The van der Waals surface area contributed by atoms with Gasteiger partial charge in [-0.25, -0.2) is 5.21 Å². The fraction of sp³-hybridized carbons (Fsp3) is 1.00.